The van der Waals surface area contributed by atoms with Crippen LogP contribution in [-0.4, -0.2) is 67.6 Å². The molecule has 6 nitrogen and oxygen atoms in total. The van der Waals surface area contributed by atoms with Gasteiger partial charge in [-0.3, -0.25) is 14.5 Å². The Labute approximate surface area is 213 Å². The third-order valence-electron chi connectivity index (χ3n) is 5.62. The van der Waals surface area contributed by atoms with Crippen LogP contribution in [0.25, 0.3) is 0 Å². The molecule has 10 heteroatoms. The fourth-order valence-electron chi connectivity index (χ4n) is 3.77. The third-order valence-corrected chi connectivity index (χ3v) is 6.81. The quantitative estimate of drug-likeness (QED) is 0.485. The highest BCUT2D eigenvalue weighted by Gasteiger charge is 2.26. The molecule has 0 radical (unpaired) electrons. The number of halogens is 3. The molecule has 0 unspecified atom stereocenters. The molecule has 1 aliphatic rings. The van der Waals surface area contributed by atoms with Crippen molar-refractivity contribution in [2.24, 2.45) is 0 Å². The second-order valence-electron chi connectivity index (χ2n) is 7.89. The van der Waals surface area contributed by atoms with Gasteiger partial charge in [0.15, 0.2) is 0 Å². The van der Waals surface area contributed by atoms with Crippen LogP contribution in [0.5, 0.6) is 0 Å². The minimum Gasteiger partial charge on any atom is -0.379 e. The number of amides is 2. The van der Waals surface area contributed by atoms with E-state index in [-0.39, 0.29) is 28.4 Å². The molecular weight excluding hydrogens is 500 g/mol. The first kappa shape index (κ1) is 26.8. The van der Waals surface area contributed by atoms with E-state index in [1.165, 1.54) is 24.3 Å². The van der Waals surface area contributed by atoms with Crippen LogP contribution in [-0.2, 0) is 9.53 Å². The van der Waals surface area contributed by atoms with Gasteiger partial charge in [0.25, 0.3) is 5.91 Å². The van der Waals surface area contributed by atoms with Gasteiger partial charge in [-0.25, -0.2) is 4.39 Å². The summed E-state index contributed by atoms with van der Waals surface area (Å²) >= 11 is 13.7. The molecule has 2 amide bonds. The Morgan fingerprint density at radius 1 is 1.15 bits per heavy atom. The second-order valence-corrected chi connectivity index (χ2v) is 9.72. The number of hydrogen-bond acceptors (Lipinski definition) is 5. The van der Waals surface area contributed by atoms with Crippen molar-refractivity contribution in [3.63, 3.8) is 0 Å². The molecule has 0 saturated carbocycles. The molecule has 1 fully saturated rings. The summed E-state index contributed by atoms with van der Waals surface area (Å²) in [5.41, 5.74) is 1.16. The fourth-order valence-corrected chi connectivity index (χ4v) is 4.73. The Morgan fingerprint density at radius 2 is 1.85 bits per heavy atom. The molecule has 3 rings (SSSR count). The van der Waals surface area contributed by atoms with Gasteiger partial charge in [0.2, 0.25) is 5.91 Å². The highest BCUT2D eigenvalue weighted by Crippen LogP contribution is 2.23. The van der Waals surface area contributed by atoms with Crippen molar-refractivity contribution >= 4 is 46.8 Å². The number of ether oxygens (including phenoxy) is 1. The van der Waals surface area contributed by atoms with Crippen LogP contribution < -0.4 is 10.6 Å². The van der Waals surface area contributed by atoms with E-state index >= 15 is 0 Å². The average molecular weight is 528 g/mol. The predicted octanol–water partition coefficient (Wildman–Crippen LogP) is 4.17. The van der Waals surface area contributed by atoms with Gasteiger partial charge in [0.1, 0.15) is 11.9 Å². The molecule has 34 heavy (non-hydrogen) atoms. The van der Waals surface area contributed by atoms with Gasteiger partial charge in [-0.05, 0) is 54.3 Å². The first-order valence-corrected chi connectivity index (χ1v) is 13.1. The van der Waals surface area contributed by atoms with E-state index in [1.807, 2.05) is 6.26 Å². The molecule has 2 atom stereocenters. The molecule has 1 heterocycles. The zero-order chi connectivity index (χ0) is 24.5. The molecule has 0 spiro atoms. The maximum Gasteiger partial charge on any atom is 0.253 e. The topological polar surface area (TPSA) is 70.7 Å². The van der Waals surface area contributed by atoms with Crippen LogP contribution in [0.2, 0.25) is 10.0 Å². The third kappa shape index (κ3) is 7.58. The molecule has 2 aromatic rings. The number of rotatable bonds is 10. The van der Waals surface area contributed by atoms with Gasteiger partial charge in [0, 0.05) is 24.7 Å². The van der Waals surface area contributed by atoms with Crippen molar-refractivity contribution in [2.45, 2.75) is 18.5 Å². The number of carbonyl (C=O) groups is 2. The molecular formula is C24H28Cl2FN3O3S. The van der Waals surface area contributed by atoms with Crippen molar-refractivity contribution in [2.75, 3.05) is 44.9 Å². The molecule has 1 saturated heterocycles. The number of hydrogen-bond donors (Lipinski definition) is 2. The standard InChI is InChI=1S/C24H28Cl2FN3O3S/c1-34-13-8-21(29-23(31)19-7-4-17(25)14-20(19)26)24(32)28-15-22(30-9-11-33-12-10-30)16-2-5-18(27)6-3-16/h2-7,14,21-22H,8-13,15H2,1H3,(H,28,32)(H,29,31)/t21-,22-/m1/s1. The fraction of sp³-hybridized carbons (Fsp3) is 0.417. The average Bonchev–Trinajstić information content (AvgIpc) is 2.83. The Balaban J connectivity index is 1.70. The van der Waals surface area contributed by atoms with Gasteiger partial charge in [-0.1, -0.05) is 35.3 Å². The van der Waals surface area contributed by atoms with E-state index < -0.39 is 11.9 Å². The van der Waals surface area contributed by atoms with Gasteiger partial charge < -0.3 is 15.4 Å². The summed E-state index contributed by atoms with van der Waals surface area (Å²) in [7, 11) is 0. The normalized spacial score (nSPS) is 16.0. The first-order chi connectivity index (χ1) is 16.4. The van der Waals surface area contributed by atoms with Crippen molar-refractivity contribution in [1.82, 2.24) is 15.5 Å². The van der Waals surface area contributed by atoms with Gasteiger partial charge in [-0.15, -0.1) is 0 Å². The number of nitrogens with zero attached hydrogens (tertiary/aromatic N) is 1. The lowest BCUT2D eigenvalue weighted by molar-refractivity contribution is -0.123. The lowest BCUT2D eigenvalue weighted by Crippen LogP contribution is -2.50. The minimum absolute atomic E-state index is 0.143. The summed E-state index contributed by atoms with van der Waals surface area (Å²) in [6, 6.07) is 10.0. The zero-order valence-corrected chi connectivity index (χ0v) is 21.2. The summed E-state index contributed by atoms with van der Waals surface area (Å²) in [5, 5.41) is 6.44. The SMILES string of the molecule is CSCC[C@@H](NC(=O)c1ccc(Cl)cc1Cl)C(=O)NC[C@H](c1ccc(F)cc1)N1CCOCC1. The largest absolute Gasteiger partial charge is 0.379 e. The number of morpholine rings is 1. The van der Waals surface area contributed by atoms with Crippen LogP contribution in [0.4, 0.5) is 4.39 Å². The summed E-state index contributed by atoms with van der Waals surface area (Å²) in [6.45, 7) is 2.93. The molecule has 0 aliphatic carbocycles. The molecule has 184 valence electrons. The maximum absolute atomic E-state index is 13.5. The monoisotopic (exact) mass is 527 g/mol. The van der Waals surface area contributed by atoms with E-state index in [2.05, 4.69) is 15.5 Å². The number of thioether (sulfide) groups is 1. The predicted molar refractivity (Wildman–Crippen MR) is 135 cm³/mol. The van der Waals surface area contributed by atoms with Gasteiger partial charge >= 0.3 is 0 Å². The maximum atomic E-state index is 13.5. The van der Waals surface area contributed by atoms with Crippen LogP contribution in [0.1, 0.15) is 28.4 Å². The van der Waals surface area contributed by atoms with E-state index in [0.717, 1.165) is 5.56 Å². The van der Waals surface area contributed by atoms with Crippen LogP contribution in [0.3, 0.4) is 0 Å². The molecule has 0 bridgehead atoms. The van der Waals surface area contributed by atoms with Crippen LogP contribution in [0.15, 0.2) is 42.5 Å². The van der Waals surface area contributed by atoms with Crippen molar-refractivity contribution in [1.29, 1.82) is 0 Å². The number of carbonyl (C=O) groups excluding carboxylic acids is 2. The summed E-state index contributed by atoms with van der Waals surface area (Å²) in [5.74, 6) is -0.342. The Kier molecular flexibility index (Phi) is 10.5. The van der Waals surface area contributed by atoms with E-state index in [0.29, 0.717) is 50.0 Å². The molecule has 1 aliphatic heterocycles. The molecule has 2 aromatic carbocycles. The van der Waals surface area contributed by atoms with E-state index in [4.69, 9.17) is 27.9 Å². The zero-order valence-electron chi connectivity index (χ0n) is 18.9. The van der Waals surface area contributed by atoms with Crippen LogP contribution >= 0.6 is 35.0 Å². The smallest absolute Gasteiger partial charge is 0.253 e. The highest BCUT2D eigenvalue weighted by molar-refractivity contribution is 7.98. The van der Waals surface area contributed by atoms with Crippen molar-refractivity contribution in [3.8, 4) is 0 Å². The van der Waals surface area contributed by atoms with Crippen molar-refractivity contribution in [3.05, 3.63) is 69.5 Å². The number of nitrogens with one attached hydrogen (secondary N) is 2. The summed E-state index contributed by atoms with van der Waals surface area (Å²) in [6.07, 6.45) is 2.40. The molecule has 2 N–H and O–H groups in total. The second kappa shape index (κ2) is 13.3. The Morgan fingerprint density at radius 3 is 2.50 bits per heavy atom. The van der Waals surface area contributed by atoms with E-state index in [9.17, 15) is 14.0 Å². The molecule has 0 aromatic heterocycles. The van der Waals surface area contributed by atoms with Gasteiger partial charge in [-0.2, -0.15) is 11.8 Å². The van der Waals surface area contributed by atoms with E-state index in [1.54, 1.807) is 30.0 Å². The number of benzene rings is 2. The Hall–Kier alpha value is -1.84. The van der Waals surface area contributed by atoms with Gasteiger partial charge in [0.05, 0.1) is 29.8 Å². The first-order valence-electron chi connectivity index (χ1n) is 11.0. The summed E-state index contributed by atoms with van der Waals surface area (Å²) < 4.78 is 18.9. The van der Waals surface area contributed by atoms with Crippen molar-refractivity contribution < 1.29 is 18.7 Å². The summed E-state index contributed by atoms with van der Waals surface area (Å²) in [4.78, 5) is 28.2. The Bertz CT molecular complexity index is 974. The highest BCUT2D eigenvalue weighted by atomic mass is 35.5. The lowest BCUT2D eigenvalue weighted by atomic mass is 10.0. The lowest BCUT2D eigenvalue weighted by Gasteiger charge is -2.35. The van der Waals surface area contributed by atoms with Crippen LogP contribution in [0, 0.1) is 5.82 Å². The minimum atomic E-state index is -0.731.